The Kier molecular flexibility index (Phi) is 4.98. The van der Waals surface area contributed by atoms with E-state index in [2.05, 4.69) is 15.4 Å². The third kappa shape index (κ3) is 4.04. The summed E-state index contributed by atoms with van der Waals surface area (Å²) < 4.78 is 7.18. The highest BCUT2D eigenvalue weighted by Crippen LogP contribution is 2.36. The third-order valence-electron chi connectivity index (χ3n) is 3.00. The molecule has 0 atom stereocenters. The van der Waals surface area contributed by atoms with Gasteiger partial charge in [0.2, 0.25) is 5.91 Å². The molecule has 0 aliphatic rings. The van der Waals surface area contributed by atoms with Gasteiger partial charge < -0.3 is 10.1 Å². The minimum Gasteiger partial charge on any atom is -0.452 e. The zero-order chi connectivity index (χ0) is 16.9. The minimum absolute atomic E-state index is 0.0194. The molecular formula is C16H12Cl2N4O2. The predicted molar refractivity (Wildman–Crippen MR) is 91.6 cm³/mol. The van der Waals surface area contributed by atoms with Crippen LogP contribution in [0.15, 0.2) is 55.1 Å². The second-order valence-corrected chi connectivity index (χ2v) is 5.66. The lowest BCUT2D eigenvalue weighted by Gasteiger charge is -2.13. The molecule has 1 N–H and O–H groups in total. The Hall–Kier alpha value is -2.57. The molecule has 2 aromatic heterocycles. The second kappa shape index (κ2) is 7.33. The Labute approximate surface area is 148 Å². The van der Waals surface area contributed by atoms with Gasteiger partial charge in [-0.2, -0.15) is 5.10 Å². The SMILES string of the molecule is O=C(Cn1cc(Cl)cn1)Nc1cccc(Cl)c1Oc1cccnc1. The van der Waals surface area contributed by atoms with Crippen molar-refractivity contribution in [1.82, 2.24) is 14.8 Å². The molecule has 3 rings (SSSR count). The Balaban J connectivity index is 1.77. The van der Waals surface area contributed by atoms with E-state index in [-0.39, 0.29) is 12.5 Å². The van der Waals surface area contributed by atoms with Crippen molar-refractivity contribution in [2.75, 3.05) is 5.32 Å². The van der Waals surface area contributed by atoms with E-state index < -0.39 is 0 Å². The molecule has 0 radical (unpaired) electrons. The molecular weight excluding hydrogens is 351 g/mol. The van der Waals surface area contributed by atoms with Gasteiger partial charge in [-0.3, -0.25) is 14.5 Å². The fourth-order valence-corrected chi connectivity index (χ4v) is 2.37. The van der Waals surface area contributed by atoms with E-state index >= 15 is 0 Å². The van der Waals surface area contributed by atoms with Crippen molar-refractivity contribution in [2.24, 2.45) is 0 Å². The number of nitrogens with one attached hydrogen (secondary N) is 1. The molecule has 8 heteroatoms. The fraction of sp³-hybridized carbons (Fsp3) is 0.0625. The molecule has 0 saturated carbocycles. The summed E-state index contributed by atoms with van der Waals surface area (Å²) in [5.74, 6) is 0.576. The fourth-order valence-electron chi connectivity index (χ4n) is 2.00. The van der Waals surface area contributed by atoms with Crippen molar-refractivity contribution < 1.29 is 9.53 Å². The Morgan fingerprint density at radius 2 is 2.08 bits per heavy atom. The molecule has 24 heavy (non-hydrogen) atoms. The average Bonchev–Trinajstić information content (AvgIpc) is 2.96. The second-order valence-electron chi connectivity index (χ2n) is 4.81. The first-order valence-electron chi connectivity index (χ1n) is 6.96. The van der Waals surface area contributed by atoms with Crippen molar-refractivity contribution in [3.05, 3.63) is 65.2 Å². The van der Waals surface area contributed by atoms with Crippen LogP contribution in [0.5, 0.6) is 11.5 Å². The van der Waals surface area contributed by atoms with Crippen LogP contribution < -0.4 is 10.1 Å². The van der Waals surface area contributed by atoms with E-state index in [0.29, 0.717) is 27.2 Å². The smallest absolute Gasteiger partial charge is 0.246 e. The maximum absolute atomic E-state index is 12.2. The highest BCUT2D eigenvalue weighted by molar-refractivity contribution is 6.32. The number of hydrogen-bond acceptors (Lipinski definition) is 4. The lowest BCUT2D eigenvalue weighted by Crippen LogP contribution is -2.19. The minimum atomic E-state index is -0.284. The van der Waals surface area contributed by atoms with Crippen LogP contribution in [0, 0.1) is 0 Å². The number of benzene rings is 1. The Morgan fingerprint density at radius 1 is 1.21 bits per heavy atom. The summed E-state index contributed by atoms with van der Waals surface area (Å²) in [4.78, 5) is 16.2. The summed E-state index contributed by atoms with van der Waals surface area (Å²) in [6.07, 6.45) is 6.22. The summed E-state index contributed by atoms with van der Waals surface area (Å²) in [6, 6.07) is 8.58. The lowest BCUT2D eigenvalue weighted by molar-refractivity contribution is -0.116. The topological polar surface area (TPSA) is 69.0 Å². The molecule has 2 heterocycles. The van der Waals surface area contributed by atoms with Crippen LogP contribution in [0.3, 0.4) is 0 Å². The largest absolute Gasteiger partial charge is 0.452 e. The number of pyridine rings is 1. The number of amides is 1. The normalized spacial score (nSPS) is 10.4. The number of halogens is 2. The van der Waals surface area contributed by atoms with Crippen LogP contribution in [-0.2, 0) is 11.3 Å². The first-order valence-corrected chi connectivity index (χ1v) is 7.71. The van der Waals surface area contributed by atoms with Crippen molar-refractivity contribution in [3.8, 4) is 11.5 Å². The standard InChI is InChI=1S/C16H12Cl2N4O2/c17-11-7-20-22(9-11)10-15(23)21-14-5-1-4-13(18)16(14)24-12-3-2-6-19-8-12/h1-9H,10H2,(H,21,23). The summed E-state index contributed by atoms with van der Waals surface area (Å²) in [6.45, 7) is 0.0194. The predicted octanol–water partition coefficient (Wildman–Crippen LogP) is 4.02. The zero-order valence-corrected chi connectivity index (χ0v) is 13.8. The first kappa shape index (κ1) is 16.3. The maximum Gasteiger partial charge on any atom is 0.246 e. The van der Waals surface area contributed by atoms with Crippen LogP contribution in [0.1, 0.15) is 0 Å². The molecule has 0 aliphatic heterocycles. The monoisotopic (exact) mass is 362 g/mol. The molecule has 3 aromatic rings. The van der Waals surface area contributed by atoms with E-state index in [0.717, 1.165) is 0 Å². The van der Waals surface area contributed by atoms with Crippen molar-refractivity contribution in [2.45, 2.75) is 6.54 Å². The summed E-state index contributed by atoms with van der Waals surface area (Å²) in [5.41, 5.74) is 0.453. The van der Waals surface area contributed by atoms with Crippen LogP contribution in [-0.4, -0.2) is 20.7 Å². The van der Waals surface area contributed by atoms with Crippen molar-refractivity contribution in [1.29, 1.82) is 0 Å². The zero-order valence-electron chi connectivity index (χ0n) is 12.3. The van der Waals surface area contributed by atoms with E-state index in [4.69, 9.17) is 27.9 Å². The Bertz CT molecular complexity index is 852. The number of para-hydroxylation sites is 1. The third-order valence-corrected chi connectivity index (χ3v) is 3.50. The quantitative estimate of drug-likeness (QED) is 0.744. The number of ether oxygens (including phenoxy) is 1. The lowest BCUT2D eigenvalue weighted by atomic mass is 10.3. The summed E-state index contributed by atoms with van der Waals surface area (Å²) in [5, 5.41) is 7.56. The number of rotatable bonds is 5. The van der Waals surface area contributed by atoms with Gasteiger partial charge in [0.15, 0.2) is 5.75 Å². The van der Waals surface area contributed by atoms with Gasteiger partial charge in [-0.05, 0) is 24.3 Å². The van der Waals surface area contributed by atoms with Crippen molar-refractivity contribution >= 4 is 34.8 Å². The summed E-state index contributed by atoms with van der Waals surface area (Å²) in [7, 11) is 0. The number of carbonyl (C=O) groups excluding carboxylic acids is 1. The van der Waals surface area contributed by atoms with E-state index in [9.17, 15) is 4.79 Å². The van der Waals surface area contributed by atoms with Crippen LogP contribution >= 0.6 is 23.2 Å². The Morgan fingerprint density at radius 3 is 2.79 bits per heavy atom. The molecule has 0 bridgehead atoms. The molecule has 0 fully saturated rings. The van der Waals surface area contributed by atoms with Gasteiger partial charge in [0.25, 0.3) is 0 Å². The summed E-state index contributed by atoms with van der Waals surface area (Å²) >= 11 is 12.0. The van der Waals surface area contributed by atoms with Crippen LogP contribution in [0.2, 0.25) is 10.0 Å². The van der Waals surface area contributed by atoms with Gasteiger partial charge in [-0.15, -0.1) is 0 Å². The van der Waals surface area contributed by atoms with E-state index in [1.54, 1.807) is 48.9 Å². The molecule has 122 valence electrons. The van der Waals surface area contributed by atoms with Gasteiger partial charge in [-0.1, -0.05) is 29.3 Å². The average molecular weight is 363 g/mol. The van der Waals surface area contributed by atoms with Gasteiger partial charge in [0, 0.05) is 12.4 Å². The van der Waals surface area contributed by atoms with Gasteiger partial charge >= 0.3 is 0 Å². The molecule has 1 amide bonds. The van der Waals surface area contributed by atoms with Gasteiger partial charge in [0.1, 0.15) is 12.3 Å². The van der Waals surface area contributed by atoms with E-state index in [1.807, 2.05) is 0 Å². The van der Waals surface area contributed by atoms with Gasteiger partial charge in [-0.25, -0.2) is 0 Å². The molecule has 0 saturated heterocycles. The highest BCUT2D eigenvalue weighted by Gasteiger charge is 2.13. The highest BCUT2D eigenvalue weighted by atomic mass is 35.5. The van der Waals surface area contributed by atoms with Crippen molar-refractivity contribution in [3.63, 3.8) is 0 Å². The molecule has 6 nitrogen and oxygen atoms in total. The number of hydrogen-bond donors (Lipinski definition) is 1. The van der Waals surface area contributed by atoms with Crippen LogP contribution in [0.25, 0.3) is 0 Å². The molecule has 1 aromatic carbocycles. The molecule has 0 spiro atoms. The first-order chi connectivity index (χ1) is 11.6. The number of aromatic nitrogens is 3. The maximum atomic E-state index is 12.2. The van der Waals surface area contributed by atoms with Gasteiger partial charge in [0.05, 0.1) is 28.1 Å². The number of carbonyl (C=O) groups is 1. The van der Waals surface area contributed by atoms with E-state index in [1.165, 1.54) is 10.9 Å². The number of anilines is 1. The molecule has 0 aliphatic carbocycles. The van der Waals surface area contributed by atoms with Crippen LogP contribution in [0.4, 0.5) is 5.69 Å². The number of nitrogens with zero attached hydrogens (tertiary/aromatic N) is 3. The molecule has 0 unspecified atom stereocenters.